The lowest BCUT2D eigenvalue weighted by Crippen LogP contribution is -2.28. The zero-order valence-electron chi connectivity index (χ0n) is 20.5. The van der Waals surface area contributed by atoms with Crippen LogP contribution in [0.5, 0.6) is 0 Å². The molecule has 0 aromatic heterocycles. The third kappa shape index (κ3) is 21.9. The largest absolute Gasteiger partial charge is 0.462 e. The number of carbonyl (C=O) groups excluding carboxylic acids is 2. The summed E-state index contributed by atoms with van der Waals surface area (Å²) in [5.74, 6) is -0.654. The number of aliphatic hydroxyl groups excluding tert-OH is 1. The van der Waals surface area contributed by atoms with E-state index in [1.807, 2.05) is 19.0 Å². The molecule has 0 aromatic rings. The molecule has 0 radical (unpaired) electrons. The number of ether oxygens (including phenoxy) is 2. The van der Waals surface area contributed by atoms with Crippen LogP contribution < -0.4 is 0 Å². The Morgan fingerprint density at radius 1 is 0.742 bits per heavy atom. The van der Waals surface area contributed by atoms with Crippen LogP contribution in [0.2, 0.25) is 0 Å². The highest BCUT2D eigenvalue weighted by molar-refractivity contribution is 5.70. The number of hydrogen-bond donors (Lipinski definition) is 1. The van der Waals surface area contributed by atoms with E-state index in [1.54, 1.807) is 0 Å². The van der Waals surface area contributed by atoms with Gasteiger partial charge in [0.2, 0.25) is 0 Å². The minimum absolute atomic E-state index is 0.0762. The maximum atomic E-state index is 11.8. The van der Waals surface area contributed by atoms with E-state index in [-0.39, 0.29) is 25.2 Å². The van der Waals surface area contributed by atoms with Crippen LogP contribution in [0.1, 0.15) is 110 Å². The van der Waals surface area contributed by atoms with E-state index >= 15 is 0 Å². The highest BCUT2D eigenvalue weighted by Gasteiger charge is 2.16. The Morgan fingerprint density at radius 3 is 1.71 bits per heavy atom. The number of unbranched alkanes of at least 4 members (excludes halogenated alkanes) is 12. The van der Waals surface area contributed by atoms with E-state index in [2.05, 4.69) is 6.92 Å². The summed E-state index contributed by atoms with van der Waals surface area (Å²) in [6, 6.07) is 0. The Morgan fingerprint density at radius 2 is 1.23 bits per heavy atom. The van der Waals surface area contributed by atoms with Crippen LogP contribution >= 0.6 is 0 Å². The van der Waals surface area contributed by atoms with E-state index in [4.69, 9.17) is 9.47 Å². The van der Waals surface area contributed by atoms with Gasteiger partial charge in [0.25, 0.3) is 0 Å². The molecule has 0 rings (SSSR count). The highest BCUT2D eigenvalue weighted by Crippen LogP contribution is 2.13. The molecule has 0 unspecified atom stereocenters. The second kappa shape index (κ2) is 22.1. The molecular weight excluding hydrogens is 394 g/mol. The fourth-order valence-electron chi connectivity index (χ4n) is 3.45. The van der Waals surface area contributed by atoms with E-state index < -0.39 is 6.10 Å². The van der Waals surface area contributed by atoms with Crippen LogP contribution in [0.3, 0.4) is 0 Å². The van der Waals surface area contributed by atoms with Gasteiger partial charge < -0.3 is 19.5 Å². The molecular formula is C25H49NO5. The van der Waals surface area contributed by atoms with Crippen molar-refractivity contribution < 1.29 is 24.2 Å². The van der Waals surface area contributed by atoms with Gasteiger partial charge in [-0.05, 0) is 33.5 Å². The SMILES string of the molecule is CCCCCCCCCCCCCCCC(=O)OC[C@H](CO)OC(=O)CCCN(C)C. The number of carbonyl (C=O) groups is 2. The second-order valence-corrected chi connectivity index (χ2v) is 8.88. The maximum Gasteiger partial charge on any atom is 0.306 e. The standard InChI is InChI=1S/C25H49NO5/c1-4-5-6-7-8-9-10-11-12-13-14-15-16-18-24(28)30-22-23(21-27)31-25(29)19-17-20-26(2)3/h23,27H,4-22H2,1-3H3/t23-/m0/s1. The summed E-state index contributed by atoms with van der Waals surface area (Å²) in [6.45, 7) is 2.63. The van der Waals surface area contributed by atoms with Crippen molar-refractivity contribution in [3.63, 3.8) is 0 Å². The first-order valence-electron chi connectivity index (χ1n) is 12.6. The maximum absolute atomic E-state index is 11.8. The lowest BCUT2D eigenvalue weighted by atomic mass is 10.0. The lowest BCUT2D eigenvalue weighted by Gasteiger charge is -2.16. The summed E-state index contributed by atoms with van der Waals surface area (Å²) in [7, 11) is 3.89. The Balaban J connectivity index is 3.54. The molecule has 0 aliphatic rings. The van der Waals surface area contributed by atoms with Crippen LogP contribution in [-0.2, 0) is 19.1 Å². The minimum Gasteiger partial charge on any atom is -0.462 e. The summed E-state index contributed by atoms with van der Waals surface area (Å²) in [5, 5.41) is 9.32. The Kier molecular flexibility index (Phi) is 21.3. The summed E-state index contributed by atoms with van der Waals surface area (Å²) < 4.78 is 10.3. The van der Waals surface area contributed by atoms with Crippen LogP contribution in [0.15, 0.2) is 0 Å². The third-order valence-electron chi connectivity index (χ3n) is 5.40. The third-order valence-corrected chi connectivity index (χ3v) is 5.40. The summed E-state index contributed by atoms with van der Waals surface area (Å²) in [5.41, 5.74) is 0. The van der Waals surface area contributed by atoms with E-state index in [1.165, 1.54) is 64.2 Å². The van der Waals surface area contributed by atoms with Crippen LogP contribution in [0, 0.1) is 0 Å². The van der Waals surface area contributed by atoms with Gasteiger partial charge in [0.15, 0.2) is 6.10 Å². The Bertz CT molecular complexity index is 428. The van der Waals surface area contributed by atoms with Gasteiger partial charge in [0, 0.05) is 12.8 Å². The molecule has 0 bridgehead atoms. The molecule has 0 spiro atoms. The molecule has 6 nitrogen and oxygen atoms in total. The van der Waals surface area contributed by atoms with Gasteiger partial charge in [-0.3, -0.25) is 9.59 Å². The van der Waals surface area contributed by atoms with E-state index in [9.17, 15) is 14.7 Å². The second-order valence-electron chi connectivity index (χ2n) is 8.88. The number of aliphatic hydroxyl groups is 1. The first kappa shape index (κ1) is 29.9. The predicted molar refractivity (Wildman–Crippen MR) is 126 cm³/mol. The van der Waals surface area contributed by atoms with Crippen molar-refractivity contribution in [2.75, 3.05) is 33.9 Å². The monoisotopic (exact) mass is 443 g/mol. The summed E-state index contributed by atoms with van der Waals surface area (Å²) >= 11 is 0. The topological polar surface area (TPSA) is 76.1 Å². The first-order valence-corrected chi connectivity index (χ1v) is 12.6. The molecule has 184 valence electrons. The molecule has 0 saturated carbocycles. The predicted octanol–water partition coefficient (Wildman–Crippen LogP) is 5.26. The molecule has 0 aliphatic carbocycles. The molecule has 0 fully saturated rings. The van der Waals surface area contributed by atoms with Crippen molar-refractivity contribution in [1.29, 1.82) is 0 Å². The zero-order chi connectivity index (χ0) is 23.2. The fraction of sp³-hybridized carbons (Fsp3) is 0.920. The van der Waals surface area contributed by atoms with Crippen LogP contribution in [0.4, 0.5) is 0 Å². The molecule has 1 atom stereocenters. The molecule has 0 amide bonds. The average Bonchev–Trinajstić information content (AvgIpc) is 2.74. The van der Waals surface area contributed by atoms with Crippen molar-refractivity contribution in [3.8, 4) is 0 Å². The van der Waals surface area contributed by atoms with Crippen molar-refractivity contribution in [1.82, 2.24) is 4.90 Å². The van der Waals surface area contributed by atoms with Gasteiger partial charge in [-0.15, -0.1) is 0 Å². The molecule has 6 heteroatoms. The Labute approximate surface area is 191 Å². The molecule has 1 N–H and O–H groups in total. The van der Waals surface area contributed by atoms with Gasteiger partial charge in [-0.1, -0.05) is 84.0 Å². The first-order chi connectivity index (χ1) is 15.0. The van der Waals surface area contributed by atoms with Gasteiger partial charge in [0.05, 0.1) is 6.61 Å². The van der Waals surface area contributed by atoms with E-state index in [0.29, 0.717) is 19.3 Å². The molecule has 0 saturated heterocycles. The summed E-state index contributed by atoms with van der Waals surface area (Å²) in [4.78, 5) is 25.6. The highest BCUT2D eigenvalue weighted by atomic mass is 16.6. The van der Waals surface area contributed by atoms with E-state index in [0.717, 1.165) is 25.8 Å². The summed E-state index contributed by atoms with van der Waals surface area (Å²) in [6.07, 6.45) is 17.0. The number of esters is 2. The fourth-order valence-corrected chi connectivity index (χ4v) is 3.45. The molecule has 0 heterocycles. The number of rotatable bonds is 22. The van der Waals surface area contributed by atoms with Crippen molar-refractivity contribution >= 4 is 11.9 Å². The number of nitrogens with zero attached hydrogens (tertiary/aromatic N) is 1. The van der Waals surface area contributed by atoms with Crippen molar-refractivity contribution in [3.05, 3.63) is 0 Å². The van der Waals surface area contributed by atoms with Gasteiger partial charge >= 0.3 is 11.9 Å². The quantitative estimate of drug-likeness (QED) is 0.182. The minimum atomic E-state index is -0.776. The van der Waals surface area contributed by atoms with Gasteiger partial charge in [0.1, 0.15) is 6.61 Å². The molecule has 31 heavy (non-hydrogen) atoms. The van der Waals surface area contributed by atoms with Crippen molar-refractivity contribution in [2.45, 2.75) is 116 Å². The smallest absolute Gasteiger partial charge is 0.306 e. The molecule has 0 aliphatic heterocycles. The average molecular weight is 444 g/mol. The number of hydrogen-bond acceptors (Lipinski definition) is 6. The lowest BCUT2D eigenvalue weighted by molar-refractivity contribution is -0.161. The zero-order valence-corrected chi connectivity index (χ0v) is 20.5. The normalized spacial score (nSPS) is 12.2. The van der Waals surface area contributed by atoms with Crippen LogP contribution in [0.25, 0.3) is 0 Å². The molecule has 0 aromatic carbocycles. The van der Waals surface area contributed by atoms with Gasteiger partial charge in [-0.2, -0.15) is 0 Å². The van der Waals surface area contributed by atoms with Crippen LogP contribution in [-0.4, -0.2) is 61.9 Å². The Hall–Kier alpha value is -1.14. The van der Waals surface area contributed by atoms with Gasteiger partial charge in [-0.25, -0.2) is 0 Å². The van der Waals surface area contributed by atoms with Crippen molar-refractivity contribution in [2.24, 2.45) is 0 Å².